The summed E-state index contributed by atoms with van der Waals surface area (Å²) in [5.74, 6) is 0.902. The van der Waals surface area contributed by atoms with E-state index < -0.39 is 0 Å². The number of aromatic nitrogens is 1. The first-order chi connectivity index (χ1) is 8.13. The minimum absolute atomic E-state index is 0.699. The molecule has 0 unspecified atom stereocenters. The van der Waals surface area contributed by atoms with Gasteiger partial charge >= 0.3 is 0 Å². The molecule has 0 amide bonds. The van der Waals surface area contributed by atoms with Gasteiger partial charge in [0.25, 0.3) is 0 Å². The van der Waals surface area contributed by atoms with Crippen LogP contribution in [0.4, 0.5) is 11.5 Å². The average Bonchev–Trinajstić information content (AvgIpc) is 2.29. The molecule has 5 nitrogen and oxygen atoms in total. The number of nitrogens with one attached hydrogen (secondary N) is 1. The van der Waals surface area contributed by atoms with Crippen molar-refractivity contribution in [1.82, 2.24) is 9.88 Å². The molecule has 96 valence electrons. The lowest BCUT2D eigenvalue weighted by atomic mass is 10.2. The molecule has 1 heterocycles. The van der Waals surface area contributed by atoms with Crippen molar-refractivity contribution in [3.8, 4) is 0 Å². The van der Waals surface area contributed by atoms with E-state index in [0.717, 1.165) is 37.6 Å². The minimum Gasteiger partial charge on any atom is -0.397 e. The fourth-order valence-corrected chi connectivity index (χ4v) is 1.51. The third-order valence-electron chi connectivity index (χ3n) is 2.56. The molecule has 0 aromatic carbocycles. The summed E-state index contributed by atoms with van der Waals surface area (Å²) in [6.07, 6.45) is 1.67. The Bertz CT molecular complexity index is 343. The van der Waals surface area contributed by atoms with E-state index >= 15 is 0 Å². The van der Waals surface area contributed by atoms with Crippen molar-refractivity contribution in [1.29, 1.82) is 0 Å². The van der Waals surface area contributed by atoms with Crippen molar-refractivity contribution in [3.63, 3.8) is 0 Å². The lowest BCUT2D eigenvalue weighted by molar-refractivity contribution is 0.163. The summed E-state index contributed by atoms with van der Waals surface area (Å²) in [6, 6.07) is 1.92. The zero-order chi connectivity index (χ0) is 12.7. The third kappa shape index (κ3) is 5.01. The minimum atomic E-state index is 0.699. The Hall–Kier alpha value is -1.33. The lowest BCUT2D eigenvalue weighted by Crippen LogP contribution is -2.28. The molecular formula is C12H22N4O. The number of nitrogen functional groups attached to an aromatic ring is 1. The average molecular weight is 238 g/mol. The van der Waals surface area contributed by atoms with E-state index in [9.17, 15) is 0 Å². The van der Waals surface area contributed by atoms with Crippen LogP contribution in [-0.2, 0) is 4.74 Å². The first-order valence-electron chi connectivity index (χ1n) is 5.77. The Labute approximate surface area is 103 Å². The molecule has 1 aromatic heterocycles. The van der Waals surface area contributed by atoms with Crippen LogP contribution in [0.25, 0.3) is 0 Å². The van der Waals surface area contributed by atoms with Gasteiger partial charge in [0.15, 0.2) is 0 Å². The lowest BCUT2D eigenvalue weighted by Gasteiger charge is -2.17. The highest BCUT2D eigenvalue weighted by molar-refractivity contribution is 5.50. The van der Waals surface area contributed by atoms with Crippen LogP contribution in [-0.4, -0.2) is 50.3 Å². The molecule has 0 aliphatic rings. The van der Waals surface area contributed by atoms with Gasteiger partial charge in [-0.1, -0.05) is 0 Å². The maximum atomic E-state index is 5.65. The summed E-state index contributed by atoms with van der Waals surface area (Å²) in [5, 5.41) is 3.30. The van der Waals surface area contributed by atoms with E-state index in [4.69, 9.17) is 10.5 Å². The van der Waals surface area contributed by atoms with Crippen molar-refractivity contribution < 1.29 is 4.74 Å². The molecule has 0 bridgehead atoms. The normalized spacial score (nSPS) is 10.8. The highest BCUT2D eigenvalue weighted by Gasteiger charge is 2.01. The topological polar surface area (TPSA) is 63.4 Å². The molecule has 0 radical (unpaired) electrons. The summed E-state index contributed by atoms with van der Waals surface area (Å²) < 4.78 is 5.02. The van der Waals surface area contributed by atoms with Crippen LogP contribution in [0.1, 0.15) is 5.56 Å². The van der Waals surface area contributed by atoms with E-state index in [0.29, 0.717) is 5.69 Å². The molecular weight excluding hydrogens is 216 g/mol. The maximum absolute atomic E-state index is 5.65. The molecule has 0 aliphatic heterocycles. The molecule has 5 heteroatoms. The highest BCUT2D eigenvalue weighted by Crippen LogP contribution is 2.13. The Morgan fingerprint density at radius 2 is 2.24 bits per heavy atom. The van der Waals surface area contributed by atoms with Crippen LogP contribution >= 0.6 is 0 Å². The summed E-state index contributed by atoms with van der Waals surface area (Å²) in [6.45, 7) is 5.51. The van der Waals surface area contributed by atoms with Gasteiger partial charge < -0.3 is 20.7 Å². The smallest absolute Gasteiger partial charge is 0.129 e. The first kappa shape index (κ1) is 13.7. The van der Waals surface area contributed by atoms with Crippen molar-refractivity contribution in [2.45, 2.75) is 6.92 Å². The Kier molecular flexibility index (Phi) is 5.72. The molecule has 0 fully saturated rings. The fourth-order valence-electron chi connectivity index (χ4n) is 1.51. The highest BCUT2D eigenvalue weighted by atomic mass is 16.5. The van der Waals surface area contributed by atoms with E-state index in [2.05, 4.69) is 22.2 Å². The number of hydrogen-bond donors (Lipinski definition) is 2. The summed E-state index contributed by atoms with van der Waals surface area (Å²) >= 11 is 0. The Morgan fingerprint density at radius 3 is 2.88 bits per heavy atom. The van der Waals surface area contributed by atoms with Crippen LogP contribution in [0.15, 0.2) is 12.3 Å². The quantitative estimate of drug-likeness (QED) is 0.741. The van der Waals surface area contributed by atoms with Crippen LogP contribution in [0.5, 0.6) is 0 Å². The second kappa shape index (κ2) is 7.09. The van der Waals surface area contributed by atoms with Crippen LogP contribution in [0.2, 0.25) is 0 Å². The number of nitrogens with zero attached hydrogens (tertiary/aromatic N) is 2. The van der Waals surface area contributed by atoms with Crippen LogP contribution in [0, 0.1) is 6.92 Å². The Morgan fingerprint density at radius 1 is 1.47 bits per heavy atom. The van der Waals surface area contributed by atoms with Crippen molar-refractivity contribution >= 4 is 11.5 Å². The molecule has 0 saturated heterocycles. The van der Waals surface area contributed by atoms with E-state index in [1.54, 1.807) is 13.3 Å². The maximum Gasteiger partial charge on any atom is 0.129 e. The van der Waals surface area contributed by atoms with Crippen molar-refractivity contribution in [2.24, 2.45) is 0 Å². The van der Waals surface area contributed by atoms with E-state index in [-0.39, 0.29) is 0 Å². The van der Waals surface area contributed by atoms with Crippen molar-refractivity contribution in [3.05, 3.63) is 17.8 Å². The van der Waals surface area contributed by atoms with E-state index in [1.807, 2.05) is 13.0 Å². The van der Waals surface area contributed by atoms with Gasteiger partial charge in [-0.2, -0.15) is 0 Å². The number of pyridine rings is 1. The second-order valence-electron chi connectivity index (χ2n) is 4.16. The summed E-state index contributed by atoms with van der Waals surface area (Å²) in [4.78, 5) is 6.47. The number of methoxy groups -OCH3 is 1. The largest absolute Gasteiger partial charge is 0.397 e. The first-order valence-corrected chi connectivity index (χ1v) is 5.77. The van der Waals surface area contributed by atoms with Gasteiger partial charge in [0, 0.05) is 26.7 Å². The standard InChI is InChI=1S/C12H22N4O/c1-10-8-11(13)9-15-12(10)14-4-5-16(2)6-7-17-3/h8-9H,4-7,13H2,1-3H3,(H,14,15). The predicted molar refractivity (Wildman–Crippen MR) is 71.2 cm³/mol. The van der Waals surface area contributed by atoms with Gasteiger partial charge in [-0.25, -0.2) is 4.98 Å². The van der Waals surface area contributed by atoms with Gasteiger partial charge in [0.05, 0.1) is 18.5 Å². The van der Waals surface area contributed by atoms with Crippen molar-refractivity contribution in [2.75, 3.05) is 51.4 Å². The van der Waals surface area contributed by atoms with Crippen LogP contribution < -0.4 is 11.1 Å². The predicted octanol–water partition coefficient (Wildman–Crippen LogP) is 0.962. The third-order valence-corrected chi connectivity index (χ3v) is 2.56. The molecule has 17 heavy (non-hydrogen) atoms. The molecule has 0 aliphatic carbocycles. The zero-order valence-electron chi connectivity index (χ0n) is 10.9. The molecule has 1 rings (SSSR count). The molecule has 0 atom stereocenters. The molecule has 1 aromatic rings. The molecule has 0 spiro atoms. The number of hydrogen-bond acceptors (Lipinski definition) is 5. The number of rotatable bonds is 7. The van der Waals surface area contributed by atoms with Gasteiger partial charge in [-0.15, -0.1) is 0 Å². The zero-order valence-corrected chi connectivity index (χ0v) is 10.9. The fraction of sp³-hybridized carbons (Fsp3) is 0.583. The number of anilines is 2. The summed E-state index contributed by atoms with van der Waals surface area (Å²) in [5.41, 5.74) is 7.42. The van der Waals surface area contributed by atoms with Crippen LogP contribution in [0.3, 0.4) is 0 Å². The van der Waals surface area contributed by atoms with Gasteiger partial charge in [0.2, 0.25) is 0 Å². The monoisotopic (exact) mass is 238 g/mol. The second-order valence-corrected chi connectivity index (χ2v) is 4.16. The number of ether oxygens (including phenoxy) is 1. The number of aryl methyl sites for hydroxylation is 1. The van der Waals surface area contributed by atoms with Gasteiger partial charge in [-0.05, 0) is 25.6 Å². The SMILES string of the molecule is COCCN(C)CCNc1ncc(N)cc1C. The summed E-state index contributed by atoms with van der Waals surface area (Å²) in [7, 11) is 3.79. The number of likely N-dealkylation sites (N-methyl/N-ethyl adjacent to an activating group) is 1. The number of nitrogens with two attached hydrogens (primary N) is 1. The molecule has 3 N–H and O–H groups in total. The Balaban J connectivity index is 2.30. The van der Waals surface area contributed by atoms with Gasteiger partial charge in [0.1, 0.15) is 5.82 Å². The van der Waals surface area contributed by atoms with E-state index in [1.165, 1.54) is 0 Å². The molecule has 0 saturated carbocycles. The van der Waals surface area contributed by atoms with Gasteiger partial charge in [-0.3, -0.25) is 0 Å².